The number of amides is 2. The van der Waals surface area contributed by atoms with Crippen molar-refractivity contribution in [3.05, 3.63) is 36.9 Å². The number of carbonyl (C=O) groups excluding carboxylic acids is 2. The number of nitrogens with one attached hydrogen (secondary N) is 2. The molecule has 1 saturated heterocycles. The number of nitrogens with zero attached hydrogens (tertiary/aromatic N) is 1. The molecule has 0 aromatic heterocycles. The Morgan fingerprint density at radius 3 is 2.03 bits per heavy atom. The Kier molecular flexibility index (Phi) is 8.48. The second-order valence-electron chi connectivity index (χ2n) is 11.3. The Labute approximate surface area is 210 Å². The second kappa shape index (κ2) is 10.8. The molecule has 2 N–H and O–H groups in total. The lowest BCUT2D eigenvalue weighted by Crippen LogP contribution is -2.54. The van der Waals surface area contributed by atoms with E-state index >= 15 is 0 Å². The van der Waals surface area contributed by atoms with E-state index in [1.165, 1.54) is 10.4 Å². The van der Waals surface area contributed by atoms with Crippen molar-refractivity contribution in [3.8, 4) is 0 Å². The van der Waals surface area contributed by atoms with Gasteiger partial charge >= 0.3 is 0 Å². The van der Waals surface area contributed by atoms with Crippen LogP contribution in [0.25, 0.3) is 0 Å². The van der Waals surface area contributed by atoms with Gasteiger partial charge in [-0.05, 0) is 94.0 Å². The maximum absolute atomic E-state index is 13.4. The third kappa shape index (κ3) is 6.53. The van der Waals surface area contributed by atoms with Gasteiger partial charge in [-0.25, -0.2) is 8.42 Å². The highest BCUT2D eigenvalue weighted by Gasteiger charge is 2.39. The van der Waals surface area contributed by atoms with E-state index in [1.807, 2.05) is 13.8 Å². The molecule has 1 aliphatic heterocycles. The summed E-state index contributed by atoms with van der Waals surface area (Å²) in [6, 6.07) is 5.84. The molecule has 0 spiro atoms. The van der Waals surface area contributed by atoms with Crippen LogP contribution in [0.3, 0.4) is 0 Å². The van der Waals surface area contributed by atoms with Crippen LogP contribution in [0.2, 0.25) is 0 Å². The largest absolute Gasteiger partial charge is 0.350 e. The summed E-state index contributed by atoms with van der Waals surface area (Å²) in [6.45, 7) is 14.0. The minimum atomic E-state index is -3.72. The van der Waals surface area contributed by atoms with Gasteiger partial charge in [0.1, 0.15) is 0 Å². The quantitative estimate of drug-likeness (QED) is 0.550. The molecule has 0 bridgehead atoms. The number of piperidine rings is 1. The number of hydrogen-bond acceptors (Lipinski definition) is 4. The Morgan fingerprint density at radius 2 is 1.54 bits per heavy atom. The minimum Gasteiger partial charge on any atom is -0.350 e. The van der Waals surface area contributed by atoms with Gasteiger partial charge in [-0.15, -0.1) is 0 Å². The molecule has 2 amide bonds. The average Bonchev–Trinajstić information content (AvgIpc) is 2.78. The standard InChI is InChI=1S/C27H41N3O4S/c1-7-25(31)28-23-16-18(2)30(19(3)17-23)35(33,34)24-14-12-22(13-15-24)29-26(32)20-8-10-21(11-9-20)27(4,5)6/h7,12-15,18-21,23H,1,8-11,16-17H2,2-6H3,(H,28,31)(H,29,32). The maximum atomic E-state index is 13.4. The number of anilines is 1. The monoisotopic (exact) mass is 503 g/mol. The van der Waals surface area contributed by atoms with Crippen molar-refractivity contribution >= 4 is 27.5 Å². The lowest BCUT2D eigenvalue weighted by Gasteiger charge is -2.41. The van der Waals surface area contributed by atoms with Crippen LogP contribution in [0.15, 0.2) is 41.8 Å². The minimum absolute atomic E-state index is 0.00147. The molecule has 1 aromatic carbocycles. The smallest absolute Gasteiger partial charge is 0.243 e. The van der Waals surface area contributed by atoms with Crippen LogP contribution < -0.4 is 10.6 Å². The molecule has 1 aromatic rings. The van der Waals surface area contributed by atoms with Gasteiger partial charge in [0.15, 0.2) is 0 Å². The topological polar surface area (TPSA) is 95.6 Å². The van der Waals surface area contributed by atoms with Gasteiger partial charge in [0.05, 0.1) is 4.90 Å². The van der Waals surface area contributed by atoms with Crippen molar-refractivity contribution in [3.63, 3.8) is 0 Å². The average molecular weight is 504 g/mol. The van der Waals surface area contributed by atoms with Crippen molar-refractivity contribution in [2.75, 3.05) is 5.32 Å². The fourth-order valence-corrected chi connectivity index (χ4v) is 7.55. The molecule has 1 aliphatic carbocycles. The van der Waals surface area contributed by atoms with E-state index < -0.39 is 10.0 Å². The van der Waals surface area contributed by atoms with Crippen molar-refractivity contribution in [1.29, 1.82) is 0 Å². The summed E-state index contributed by atoms with van der Waals surface area (Å²) in [5, 5.41) is 5.86. The first-order chi connectivity index (χ1) is 16.3. The summed E-state index contributed by atoms with van der Waals surface area (Å²) in [5.74, 6) is 0.412. The first-order valence-corrected chi connectivity index (χ1v) is 14.1. The van der Waals surface area contributed by atoms with E-state index in [2.05, 4.69) is 38.0 Å². The molecule has 2 atom stereocenters. The predicted molar refractivity (Wildman–Crippen MR) is 139 cm³/mol. The molecule has 194 valence electrons. The van der Waals surface area contributed by atoms with E-state index in [4.69, 9.17) is 0 Å². The highest BCUT2D eigenvalue weighted by atomic mass is 32.2. The number of benzene rings is 1. The van der Waals surface area contributed by atoms with E-state index in [1.54, 1.807) is 24.3 Å². The molecule has 2 aliphatic rings. The third-order valence-electron chi connectivity index (χ3n) is 7.67. The first-order valence-electron chi connectivity index (χ1n) is 12.7. The molecule has 2 unspecified atom stereocenters. The number of hydrogen-bond donors (Lipinski definition) is 2. The molecule has 1 saturated carbocycles. The van der Waals surface area contributed by atoms with Crippen molar-refractivity contribution < 1.29 is 18.0 Å². The Bertz CT molecular complexity index is 1010. The third-order valence-corrected chi connectivity index (χ3v) is 9.81. The molecule has 1 heterocycles. The molecular weight excluding hydrogens is 462 g/mol. The lowest BCUT2D eigenvalue weighted by atomic mass is 9.69. The molecule has 0 radical (unpaired) electrons. The summed E-state index contributed by atoms with van der Waals surface area (Å²) >= 11 is 0. The zero-order valence-electron chi connectivity index (χ0n) is 21.7. The fourth-order valence-electron chi connectivity index (χ4n) is 5.71. The van der Waals surface area contributed by atoms with Crippen LogP contribution >= 0.6 is 0 Å². The van der Waals surface area contributed by atoms with Gasteiger partial charge in [0, 0.05) is 29.7 Å². The molecule has 7 nitrogen and oxygen atoms in total. The predicted octanol–water partition coefficient (Wildman–Crippen LogP) is 4.71. The van der Waals surface area contributed by atoms with Crippen molar-refractivity contribution in [2.45, 2.75) is 96.2 Å². The van der Waals surface area contributed by atoms with Gasteiger partial charge in [-0.3, -0.25) is 9.59 Å². The molecule has 3 rings (SSSR count). The van der Waals surface area contributed by atoms with Gasteiger partial charge < -0.3 is 10.6 Å². The highest BCUT2D eigenvalue weighted by molar-refractivity contribution is 7.89. The van der Waals surface area contributed by atoms with E-state index in [0.717, 1.165) is 25.7 Å². The van der Waals surface area contributed by atoms with Gasteiger partial charge in [-0.2, -0.15) is 4.31 Å². The summed E-state index contributed by atoms with van der Waals surface area (Å²) < 4.78 is 28.4. The van der Waals surface area contributed by atoms with Crippen LogP contribution in [0.4, 0.5) is 5.69 Å². The van der Waals surface area contributed by atoms with Crippen molar-refractivity contribution in [2.24, 2.45) is 17.3 Å². The second-order valence-corrected chi connectivity index (χ2v) is 13.2. The van der Waals surface area contributed by atoms with Crippen LogP contribution in [-0.2, 0) is 19.6 Å². The van der Waals surface area contributed by atoms with Gasteiger partial charge in [0.25, 0.3) is 0 Å². The SMILES string of the molecule is C=CC(=O)NC1CC(C)N(S(=O)(=O)c2ccc(NC(=O)C3CCC(C(C)(C)C)CC3)cc2)C(C)C1. The summed E-state index contributed by atoms with van der Waals surface area (Å²) in [6.07, 6.45) is 6.20. The van der Waals surface area contributed by atoms with E-state index in [9.17, 15) is 18.0 Å². The summed E-state index contributed by atoms with van der Waals surface area (Å²) in [4.78, 5) is 24.7. The van der Waals surface area contributed by atoms with E-state index in [0.29, 0.717) is 24.4 Å². The Hall–Kier alpha value is -2.19. The van der Waals surface area contributed by atoms with Crippen LogP contribution in [0.1, 0.15) is 73.1 Å². The highest BCUT2D eigenvalue weighted by Crippen LogP contribution is 2.40. The van der Waals surface area contributed by atoms with Gasteiger partial charge in [-0.1, -0.05) is 27.4 Å². The molecule has 8 heteroatoms. The normalized spacial score (nSPS) is 28.2. The first kappa shape index (κ1) is 27.4. The van der Waals surface area contributed by atoms with Gasteiger partial charge in [0.2, 0.25) is 21.8 Å². The fraction of sp³-hybridized carbons (Fsp3) is 0.630. The Morgan fingerprint density at radius 1 is 1.00 bits per heavy atom. The molecular formula is C27H41N3O4S. The summed E-state index contributed by atoms with van der Waals surface area (Å²) in [7, 11) is -3.72. The molecule has 35 heavy (non-hydrogen) atoms. The van der Waals surface area contributed by atoms with Crippen LogP contribution in [-0.4, -0.2) is 42.7 Å². The van der Waals surface area contributed by atoms with Crippen molar-refractivity contribution in [1.82, 2.24) is 9.62 Å². The maximum Gasteiger partial charge on any atom is 0.243 e. The number of carbonyl (C=O) groups is 2. The Balaban J connectivity index is 1.62. The summed E-state index contributed by atoms with van der Waals surface area (Å²) in [5.41, 5.74) is 0.880. The van der Waals surface area contributed by atoms with Crippen LogP contribution in [0, 0.1) is 17.3 Å². The lowest BCUT2D eigenvalue weighted by molar-refractivity contribution is -0.121. The zero-order chi connectivity index (χ0) is 26.0. The zero-order valence-corrected chi connectivity index (χ0v) is 22.5. The molecule has 2 fully saturated rings. The number of rotatable bonds is 6. The van der Waals surface area contributed by atoms with E-state index in [-0.39, 0.29) is 46.2 Å². The van der Waals surface area contributed by atoms with Crippen LogP contribution in [0.5, 0.6) is 0 Å². The number of sulfonamides is 1.